The van der Waals surface area contributed by atoms with Gasteiger partial charge in [-0.05, 0) is 25.2 Å². The molecule has 2 aliphatic heterocycles. The van der Waals surface area contributed by atoms with Gasteiger partial charge in [0.2, 0.25) is 5.91 Å². The van der Waals surface area contributed by atoms with Crippen LogP contribution in [0.15, 0.2) is 0 Å². The zero-order valence-electron chi connectivity index (χ0n) is 13.3. The van der Waals surface area contributed by atoms with Crippen LogP contribution >= 0.6 is 0 Å². The van der Waals surface area contributed by atoms with Gasteiger partial charge in [0.05, 0.1) is 23.7 Å². The molecule has 0 aromatic heterocycles. The van der Waals surface area contributed by atoms with Gasteiger partial charge in [-0.2, -0.15) is 0 Å². The van der Waals surface area contributed by atoms with Crippen molar-refractivity contribution in [2.45, 2.75) is 71.1 Å². The van der Waals surface area contributed by atoms with Crippen molar-refractivity contribution in [1.82, 2.24) is 10.2 Å². The maximum Gasteiger partial charge on any atom is 0.241 e. The maximum atomic E-state index is 12.8. The number of nitrogens with zero attached hydrogens (tertiary/aromatic N) is 1. The zero-order chi connectivity index (χ0) is 15.6. The highest BCUT2D eigenvalue weighted by Crippen LogP contribution is 2.28. The molecule has 0 aliphatic carbocycles. The molecule has 0 aromatic carbocycles. The third kappa shape index (κ3) is 3.59. The molecule has 122 valence electrons. The Balaban J connectivity index is 2.13. The highest BCUT2D eigenvalue weighted by molar-refractivity contribution is 7.91. The quantitative estimate of drug-likeness (QED) is 0.835. The van der Waals surface area contributed by atoms with Crippen molar-refractivity contribution in [3.8, 4) is 0 Å². The molecule has 21 heavy (non-hydrogen) atoms. The summed E-state index contributed by atoms with van der Waals surface area (Å²) >= 11 is 0. The standard InChI is InChI=1S/C15H28N2O3S/c1-4-6-13-16-14(11(3)5-2)15(18)17(13)12-7-9-21(19,20)10-8-12/h11-14,16H,4-10H2,1-3H3. The van der Waals surface area contributed by atoms with E-state index in [1.54, 1.807) is 0 Å². The molecule has 0 saturated carbocycles. The summed E-state index contributed by atoms with van der Waals surface area (Å²) in [4.78, 5) is 14.7. The first-order valence-electron chi connectivity index (χ1n) is 8.18. The first-order chi connectivity index (χ1) is 9.89. The van der Waals surface area contributed by atoms with Crippen LogP contribution in [0.2, 0.25) is 0 Å². The highest BCUT2D eigenvalue weighted by Gasteiger charge is 2.44. The minimum absolute atomic E-state index is 0.0762. The predicted octanol–water partition coefficient (Wildman–Crippen LogP) is 1.54. The number of hydrogen-bond acceptors (Lipinski definition) is 4. The number of hydrogen-bond donors (Lipinski definition) is 1. The van der Waals surface area contributed by atoms with Gasteiger partial charge in [0, 0.05) is 6.04 Å². The van der Waals surface area contributed by atoms with Crippen LogP contribution in [0.3, 0.4) is 0 Å². The van der Waals surface area contributed by atoms with Gasteiger partial charge in [-0.25, -0.2) is 8.42 Å². The fraction of sp³-hybridized carbons (Fsp3) is 0.933. The number of rotatable bonds is 5. The summed E-state index contributed by atoms with van der Waals surface area (Å²) in [5, 5.41) is 3.49. The summed E-state index contributed by atoms with van der Waals surface area (Å²) in [6.07, 6.45) is 4.16. The van der Waals surface area contributed by atoms with E-state index in [0.717, 1.165) is 19.3 Å². The average molecular weight is 316 g/mol. The Morgan fingerprint density at radius 1 is 1.29 bits per heavy atom. The monoisotopic (exact) mass is 316 g/mol. The Morgan fingerprint density at radius 2 is 1.90 bits per heavy atom. The lowest BCUT2D eigenvalue weighted by atomic mass is 9.99. The predicted molar refractivity (Wildman–Crippen MR) is 83.6 cm³/mol. The molecule has 0 aromatic rings. The molecule has 1 amide bonds. The van der Waals surface area contributed by atoms with Crippen LogP contribution in [0.1, 0.15) is 52.9 Å². The van der Waals surface area contributed by atoms with Crippen molar-refractivity contribution >= 4 is 15.7 Å². The molecule has 2 rings (SSSR count). The Labute approximate surface area is 128 Å². The molecule has 0 bridgehead atoms. The molecule has 0 radical (unpaired) electrons. The second kappa shape index (κ2) is 6.65. The first kappa shape index (κ1) is 16.7. The summed E-state index contributed by atoms with van der Waals surface area (Å²) < 4.78 is 23.2. The molecular formula is C15H28N2O3S. The number of nitrogens with one attached hydrogen (secondary N) is 1. The fourth-order valence-corrected chi connectivity index (χ4v) is 4.87. The molecule has 2 saturated heterocycles. The summed E-state index contributed by atoms with van der Waals surface area (Å²) in [6, 6.07) is -0.0239. The minimum Gasteiger partial charge on any atom is -0.323 e. The van der Waals surface area contributed by atoms with Crippen LogP contribution in [0, 0.1) is 5.92 Å². The number of sulfone groups is 1. The van der Waals surface area contributed by atoms with Gasteiger partial charge in [-0.1, -0.05) is 33.6 Å². The van der Waals surface area contributed by atoms with Crippen LogP contribution in [-0.4, -0.2) is 49.0 Å². The van der Waals surface area contributed by atoms with Crippen LogP contribution in [0.25, 0.3) is 0 Å². The summed E-state index contributed by atoms with van der Waals surface area (Å²) in [7, 11) is -2.89. The van der Waals surface area contributed by atoms with Gasteiger partial charge in [0.1, 0.15) is 9.84 Å². The largest absolute Gasteiger partial charge is 0.323 e. The average Bonchev–Trinajstić information content (AvgIpc) is 2.76. The van der Waals surface area contributed by atoms with Crippen molar-refractivity contribution in [2.24, 2.45) is 5.92 Å². The Bertz CT molecular complexity index is 463. The molecule has 0 spiro atoms. The molecule has 5 nitrogen and oxygen atoms in total. The van der Waals surface area contributed by atoms with Gasteiger partial charge < -0.3 is 4.90 Å². The lowest BCUT2D eigenvalue weighted by Gasteiger charge is -2.35. The third-order valence-corrected chi connectivity index (χ3v) is 6.64. The van der Waals surface area contributed by atoms with E-state index in [4.69, 9.17) is 0 Å². The van der Waals surface area contributed by atoms with E-state index in [-0.39, 0.29) is 35.7 Å². The highest BCUT2D eigenvalue weighted by atomic mass is 32.2. The van der Waals surface area contributed by atoms with Crippen LogP contribution in [0.5, 0.6) is 0 Å². The molecule has 6 heteroatoms. The molecule has 1 N–H and O–H groups in total. The number of carbonyl (C=O) groups is 1. The van der Waals surface area contributed by atoms with Crippen molar-refractivity contribution in [1.29, 1.82) is 0 Å². The minimum atomic E-state index is -2.89. The lowest BCUT2D eigenvalue weighted by Crippen LogP contribution is -2.48. The number of carbonyl (C=O) groups excluding carboxylic acids is 1. The van der Waals surface area contributed by atoms with E-state index in [9.17, 15) is 13.2 Å². The van der Waals surface area contributed by atoms with Gasteiger partial charge in [-0.3, -0.25) is 10.1 Å². The van der Waals surface area contributed by atoms with Crippen molar-refractivity contribution in [2.75, 3.05) is 11.5 Å². The zero-order valence-corrected chi connectivity index (χ0v) is 14.2. The van der Waals surface area contributed by atoms with Gasteiger partial charge >= 0.3 is 0 Å². The molecular weight excluding hydrogens is 288 g/mol. The van der Waals surface area contributed by atoms with Crippen molar-refractivity contribution < 1.29 is 13.2 Å². The Hall–Kier alpha value is -0.620. The normalized spacial score (nSPS) is 31.6. The molecule has 2 heterocycles. The molecule has 3 atom stereocenters. The summed E-state index contributed by atoms with van der Waals surface area (Å²) in [5.74, 6) is 0.920. The van der Waals surface area contributed by atoms with Crippen LogP contribution in [-0.2, 0) is 14.6 Å². The molecule has 2 aliphatic rings. The van der Waals surface area contributed by atoms with E-state index in [0.29, 0.717) is 18.8 Å². The smallest absolute Gasteiger partial charge is 0.241 e. The van der Waals surface area contributed by atoms with Crippen molar-refractivity contribution in [3.63, 3.8) is 0 Å². The van der Waals surface area contributed by atoms with Gasteiger partial charge in [-0.15, -0.1) is 0 Å². The Morgan fingerprint density at radius 3 is 2.43 bits per heavy atom. The van der Waals surface area contributed by atoms with Gasteiger partial charge in [0.25, 0.3) is 0 Å². The molecule has 3 unspecified atom stereocenters. The number of amides is 1. The van der Waals surface area contributed by atoms with E-state index in [1.165, 1.54) is 0 Å². The SMILES string of the molecule is CCCC1NC(C(C)CC)C(=O)N1C1CCS(=O)(=O)CC1. The van der Waals surface area contributed by atoms with E-state index >= 15 is 0 Å². The topological polar surface area (TPSA) is 66.5 Å². The summed E-state index contributed by atoms with van der Waals surface area (Å²) in [6.45, 7) is 6.32. The second-order valence-corrected chi connectivity index (χ2v) is 8.77. The summed E-state index contributed by atoms with van der Waals surface area (Å²) in [5.41, 5.74) is 0. The fourth-order valence-electron chi connectivity index (χ4n) is 3.40. The maximum absolute atomic E-state index is 12.8. The van der Waals surface area contributed by atoms with Gasteiger partial charge in [0.15, 0.2) is 0 Å². The van der Waals surface area contributed by atoms with E-state index in [2.05, 4.69) is 26.1 Å². The van der Waals surface area contributed by atoms with Crippen LogP contribution < -0.4 is 5.32 Å². The van der Waals surface area contributed by atoms with Crippen molar-refractivity contribution in [3.05, 3.63) is 0 Å². The van der Waals surface area contributed by atoms with E-state index < -0.39 is 9.84 Å². The second-order valence-electron chi connectivity index (χ2n) is 6.46. The lowest BCUT2D eigenvalue weighted by molar-refractivity contribution is -0.133. The molecule has 2 fully saturated rings. The van der Waals surface area contributed by atoms with E-state index in [1.807, 2.05) is 4.90 Å². The van der Waals surface area contributed by atoms with Crippen LogP contribution in [0.4, 0.5) is 0 Å². The third-order valence-electron chi connectivity index (χ3n) is 4.92. The Kier molecular flexibility index (Phi) is 5.30. The first-order valence-corrected chi connectivity index (χ1v) is 10.0.